The van der Waals surface area contributed by atoms with Gasteiger partial charge in [-0.2, -0.15) is 0 Å². The number of anilines is 1. The molecule has 1 heterocycles. The predicted octanol–water partition coefficient (Wildman–Crippen LogP) is 3.83. The molecular weight excluding hydrogens is 272 g/mol. The minimum Gasteiger partial charge on any atom is -0.465 e. The normalized spacial score (nSPS) is 16.2. The van der Waals surface area contributed by atoms with Crippen molar-refractivity contribution in [1.29, 1.82) is 0 Å². The molecule has 2 aromatic rings. The van der Waals surface area contributed by atoms with Crippen molar-refractivity contribution in [2.24, 2.45) is 0 Å². The Bertz CT molecular complexity index is 617. The van der Waals surface area contributed by atoms with Crippen LogP contribution >= 0.6 is 11.3 Å². The summed E-state index contributed by atoms with van der Waals surface area (Å²) >= 11 is 1.60. The molecule has 1 N–H and O–H groups in total. The molecule has 0 spiro atoms. The van der Waals surface area contributed by atoms with Crippen LogP contribution in [0.1, 0.15) is 42.5 Å². The number of ether oxygens (including phenoxy) is 1. The van der Waals surface area contributed by atoms with Gasteiger partial charge >= 0.3 is 5.97 Å². The Morgan fingerprint density at radius 1 is 1.35 bits per heavy atom. The maximum Gasteiger partial charge on any atom is 0.337 e. The maximum atomic E-state index is 11.5. The predicted molar refractivity (Wildman–Crippen MR) is 81.5 cm³/mol. The molecule has 3 rings (SSSR count). The molecule has 0 bridgehead atoms. The molecule has 1 aromatic carbocycles. The first-order valence-electron chi connectivity index (χ1n) is 7.02. The third-order valence-corrected chi connectivity index (χ3v) is 4.69. The molecule has 106 valence electrons. The summed E-state index contributed by atoms with van der Waals surface area (Å²) in [5.41, 5.74) is 1.51. The maximum absolute atomic E-state index is 11.5. The van der Waals surface area contributed by atoms with Crippen molar-refractivity contribution in [3.63, 3.8) is 0 Å². The summed E-state index contributed by atoms with van der Waals surface area (Å²) in [6.45, 7) is 0. The molecule has 1 fully saturated rings. The van der Waals surface area contributed by atoms with Crippen LogP contribution in [0, 0.1) is 0 Å². The number of carbonyl (C=O) groups excluding carboxylic acids is 1. The van der Waals surface area contributed by atoms with E-state index in [9.17, 15) is 4.79 Å². The molecule has 1 aliphatic carbocycles. The molecule has 0 atom stereocenters. The number of hydrogen-bond acceptors (Lipinski definition) is 5. The fourth-order valence-electron chi connectivity index (χ4n) is 2.65. The largest absolute Gasteiger partial charge is 0.465 e. The number of nitrogens with one attached hydrogen (secondary N) is 1. The highest BCUT2D eigenvalue weighted by Crippen LogP contribution is 2.29. The molecule has 0 unspecified atom stereocenters. The number of methoxy groups -OCH3 is 1. The van der Waals surface area contributed by atoms with Gasteiger partial charge in [0.05, 0.1) is 22.9 Å². The van der Waals surface area contributed by atoms with Gasteiger partial charge in [-0.3, -0.25) is 0 Å². The Balaban J connectivity index is 1.81. The van der Waals surface area contributed by atoms with Crippen molar-refractivity contribution in [3.05, 3.63) is 23.8 Å². The van der Waals surface area contributed by atoms with Gasteiger partial charge in [0.15, 0.2) is 5.13 Å². The SMILES string of the molecule is COC(=O)c1ccc2nc(NC3CCCCC3)sc2c1. The number of aromatic nitrogens is 1. The molecule has 1 aromatic heterocycles. The lowest BCUT2D eigenvalue weighted by atomic mass is 9.96. The van der Waals surface area contributed by atoms with Gasteiger partial charge < -0.3 is 10.1 Å². The van der Waals surface area contributed by atoms with Crippen LogP contribution in [0.3, 0.4) is 0 Å². The lowest BCUT2D eigenvalue weighted by molar-refractivity contribution is 0.0601. The monoisotopic (exact) mass is 290 g/mol. The van der Waals surface area contributed by atoms with E-state index in [2.05, 4.69) is 10.3 Å². The van der Waals surface area contributed by atoms with Crippen molar-refractivity contribution in [2.75, 3.05) is 12.4 Å². The first kappa shape index (κ1) is 13.4. The van der Waals surface area contributed by atoms with Crippen molar-refractivity contribution in [1.82, 2.24) is 4.98 Å². The summed E-state index contributed by atoms with van der Waals surface area (Å²) in [7, 11) is 1.40. The van der Waals surface area contributed by atoms with Crippen LogP contribution in [0.2, 0.25) is 0 Å². The van der Waals surface area contributed by atoms with E-state index in [-0.39, 0.29) is 5.97 Å². The summed E-state index contributed by atoms with van der Waals surface area (Å²) in [6, 6.07) is 6.04. The number of benzene rings is 1. The lowest BCUT2D eigenvalue weighted by Crippen LogP contribution is -2.21. The van der Waals surface area contributed by atoms with Crippen molar-refractivity contribution < 1.29 is 9.53 Å². The number of carbonyl (C=O) groups is 1. The van der Waals surface area contributed by atoms with E-state index in [1.807, 2.05) is 12.1 Å². The third kappa shape index (κ3) is 2.77. The second-order valence-electron chi connectivity index (χ2n) is 5.17. The van der Waals surface area contributed by atoms with Gasteiger partial charge in [-0.05, 0) is 31.0 Å². The van der Waals surface area contributed by atoms with Crippen LogP contribution in [0.25, 0.3) is 10.2 Å². The van der Waals surface area contributed by atoms with E-state index in [4.69, 9.17) is 4.74 Å². The Kier molecular flexibility index (Phi) is 3.87. The molecule has 0 saturated heterocycles. The second kappa shape index (κ2) is 5.79. The summed E-state index contributed by atoms with van der Waals surface area (Å²) in [5.74, 6) is -0.304. The van der Waals surface area contributed by atoms with Gasteiger partial charge in [0.2, 0.25) is 0 Å². The Labute approximate surface area is 122 Å². The third-order valence-electron chi connectivity index (χ3n) is 3.74. The van der Waals surface area contributed by atoms with Gasteiger partial charge in [0.1, 0.15) is 0 Å². The van der Waals surface area contributed by atoms with Crippen molar-refractivity contribution >= 4 is 32.7 Å². The van der Waals surface area contributed by atoms with E-state index in [0.29, 0.717) is 11.6 Å². The van der Waals surface area contributed by atoms with Gasteiger partial charge in [0.25, 0.3) is 0 Å². The molecule has 1 aliphatic rings. The molecule has 5 heteroatoms. The van der Waals surface area contributed by atoms with Crippen LogP contribution in [0.5, 0.6) is 0 Å². The van der Waals surface area contributed by atoms with Gasteiger partial charge in [-0.15, -0.1) is 0 Å². The number of esters is 1. The summed E-state index contributed by atoms with van der Waals surface area (Å²) in [5, 5.41) is 4.48. The standard InChI is InChI=1S/C15H18N2O2S/c1-19-14(18)10-7-8-12-13(9-10)20-15(17-12)16-11-5-3-2-4-6-11/h7-9,11H,2-6H2,1H3,(H,16,17). The fourth-order valence-corrected chi connectivity index (χ4v) is 3.63. The van der Waals surface area contributed by atoms with E-state index in [1.165, 1.54) is 39.2 Å². The molecular formula is C15H18N2O2S. The summed E-state index contributed by atoms with van der Waals surface area (Å²) in [6.07, 6.45) is 6.40. The Hall–Kier alpha value is -1.62. The molecule has 0 aliphatic heterocycles. The van der Waals surface area contributed by atoms with Gasteiger partial charge in [-0.1, -0.05) is 30.6 Å². The number of thiazole rings is 1. The highest BCUT2D eigenvalue weighted by atomic mass is 32.1. The van der Waals surface area contributed by atoms with Crippen LogP contribution < -0.4 is 5.32 Å². The van der Waals surface area contributed by atoms with Crippen LogP contribution in [-0.4, -0.2) is 24.1 Å². The van der Waals surface area contributed by atoms with Crippen molar-refractivity contribution in [2.45, 2.75) is 38.1 Å². The topological polar surface area (TPSA) is 51.2 Å². The minimum absolute atomic E-state index is 0.304. The van der Waals surface area contributed by atoms with Gasteiger partial charge in [-0.25, -0.2) is 9.78 Å². The molecule has 0 amide bonds. The van der Waals surface area contributed by atoms with Gasteiger partial charge in [0, 0.05) is 6.04 Å². The molecule has 1 saturated carbocycles. The zero-order valence-electron chi connectivity index (χ0n) is 11.5. The fraction of sp³-hybridized carbons (Fsp3) is 0.467. The minimum atomic E-state index is -0.304. The lowest BCUT2D eigenvalue weighted by Gasteiger charge is -2.22. The number of nitrogens with zero attached hydrogens (tertiary/aromatic N) is 1. The van der Waals surface area contributed by atoms with Crippen molar-refractivity contribution in [3.8, 4) is 0 Å². The van der Waals surface area contributed by atoms with Crippen LogP contribution in [0.15, 0.2) is 18.2 Å². The zero-order valence-corrected chi connectivity index (χ0v) is 12.3. The molecule has 0 radical (unpaired) electrons. The zero-order chi connectivity index (χ0) is 13.9. The smallest absolute Gasteiger partial charge is 0.337 e. The first-order valence-corrected chi connectivity index (χ1v) is 7.83. The number of hydrogen-bond donors (Lipinski definition) is 1. The summed E-state index contributed by atoms with van der Waals surface area (Å²) < 4.78 is 5.76. The number of fused-ring (bicyclic) bond motifs is 1. The number of rotatable bonds is 3. The first-order chi connectivity index (χ1) is 9.76. The quantitative estimate of drug-likeness (QED) is 0.873. The van der Waals surface area contributed by atoms with Crippen LogP contribution in [0.4, 0.5) is 5.13 Å². The van der Waals surface area contributed by atoms with E-state index < -0.39 is 0 Å². The summed E-state index contributed by atoms with van der Waals surface area (Å²) in [4.78, 5) is 16.1. The molecule has 20 heavy (non-hydrogen) atoms. The Morgan fingerprint density at radius 2 is 2.15 bits per heavy atom. The highest BCUT2D eigenvalue weighted by molar-refractivity contribution is 7.22. The van der Waals surface area contributed by atoms with E-state index in [1.54, 1.807) is 17.4 Å². The Morgan fingerprint density at radius 3 is 2.90 bits per heavy atom. The average molecular weight is 290 g/mol. The van der Waals surface area contributed by atoms with E-state index >= 15 is 0 Å². The average Bonchev–Trinajstić information content (AvgIpc) is 2.88. The van der Waals surface area contributed by atoms with Crippen LogP contribution in [-0.2, 0) is 4.74 Å². The molecule has 4 nitrogen and oxygen atoms in total. The van der Waals surface area contributed by atoms with E-state index in [0.717, 1.165) is 15.3 Å². The second-order valence-corrected chi connectivity index (χ2v) is 6.20. The highest BCUT2D eigenvalue weighted by Gasteiger charge is 2.15.